The third-order valence-corrected chi connectivity index (χ3v) is 11.7. The molecule has 0 radical (unpaired) electrons. The van der Waals surface area contributed by atoms with Gasteiger partial charge in [-0.15, -0.1) is 0 Å². The number of nitrogens with zero attached hydrogens (tertiary/aromatic N) is 2. The highest BCUT2D eigenvalue weighted by atomic mass is 16.3. The molecule has 0 bridgehead atoms. The highest BCUT2D eigenvalue weighted by molar-refractivity contribution is 6.15. The van der Waals surface area contributed by atoms with E-state index in [1.807, 2.05) is 6.07 Å². The molecule has 0 unspecified atom stereocenters. The van der Waals surface area contributed by atoms with Crippen LogP contribution in [0.3, 0.4) is 0 Å². The lowest BCUT2D eigenvalue weighted by Gasteiger charge is -2.15. The zero-order valence-electron chi connectivity index (χ0n) is 30.9. The van der Waals surface area contributed by atoms with E-state index in [1.54, 1.807) is 0 Å². The fourth-order valence-corrected chi connectivity index (χ4v) is 9.19. The Morgan fingerprint density at radius 2 is 0.825 bits per heavy atom. The molecule has 3 aromatic heterocycles. The Balaban J connectivity index is 1.03. The minimum absolute atomic E-state index is 0.899. The van der Waals surface area contributed by atoms with Crippen LogP contribution in [-0.4, -0.2) is 9.13 Å². The quantitative estimate of drug-likeness (QED) is 0.173. The molecule has 57 heavy (non-hydrogen) atoms. The van der Waals surface area contributed by atoms with E-state index in [0.29, 0.717) is 0 Å². The lowest BCUT2D eigenvalue weighted by atomic mass is 9.97. The summed E-state index contributed by atoms with van der Waals surface area (Å²) < 4.78 is 11.2. The highest BCUT2D eigenvalue weighted by Gasteiger charge is 2.20. The van der Waals surface area contributed by atoms with Gasteiger partial charge in [-0.3, -0.25) is 0 Å². The van der Waals surface area contributed by atoms with Gasteiger partial charge in [-0.2, -0.15) is 0 Å². The van der Waals surface area contributed by atoms with Gasteiger partial charge in [-0.1, -0.05) is 140 Å². The minimum atomic E-state index is 0.899. The van der Waals surface area contributed by atoms with E-state index in [1.165, 1.54) is 65.9 Å². The largest absolute Gasteiger partial charge is 0.456 e. The first-order chi connectivity index (χ1) is 28.3. The maximum absolute atomic E-state index is 6.33. The third kappa shape index (κ3) is 4.86. The molecule has 0 amide bonds. The lowest BCUT2D eigenvalue weighted by Crippen LogP contribution is -1.97. The molecule has 9 aromatic carbocycles. The summed E-state index contributed by atoms with van der Waals surface area (Å²) in [5.41, 5.74) is 16.0. The Morgan fingerprint density at radius 1 is 0.298 bits per heavy atom. The summed E-state index contributed by atoms with van der Waals surface area (Å²) in [7, 11) is 0. The maximum Gasteiger partial charge on any atom is 0.136 e. The Bertz CT molecular complexity index is 3530. The van der Waals surface area contributed by atoms with Gasteiger partial charge in [0.05, 0.1) is 27.8 Å². The molecule has 0 aliphatic carbocycles. The van der Waals surface area contributed by atoms with Crippen molar-refractivity contribution in [2.45, 2.75) is 0 Å². The van der Waals surface area contributed by atoms with E-state index in [9.17, 15) is 0 Å². The van der Waals surface area contributed by atoms with Crippen molar-refractivity contribution in [2.24, 2.45) is 0 Å². The van der Waals surface area contributed by atoms with Crippen LogP contribution in [-0.2, 0) is 0 Å². The molecule has 3 heteroatoms. The second-order valence-corrected chi connectivity index (χ2v) is 14.9. The summed E-state index contributed by atoms with van der Waals surface area (Å²) >= 11 is 0. The normalized spacial score (nSPS) is 11.9. The molecule has 12 aromatic rings. The van der Waals surface area contributed by atoms with Gasteiger partial charge in [-0.25, -0.2) is 0 Å². The fourth-order valence-electron chi connectivity index (χ4n) is 9.19. The fraction of sp³-hybridized carbons (Fsp3) is 0. The highest BCUT2D eigenvalue weighted by Crippen LogP contribution is 2.43. The van der Waals surface area contributed by atoms with E-state index in [4.69, 9.17) is 4.42 Å². The first-order valence-electron chi connectivity index (χ1n) is 19.5. The average molecular weight is 727 g/mol. The topological polar surface area (TPSA) is 23.0 Å². The monoisotopic (exact) mass is 726 g/mol. The van der Waals surface area contributed by atoms with Crippen molar-refractivity contribution in [3.63, 3.8) is 0 Å². The molecule has 0 saturated heterocycles. The molecular formula is C54H34N2O. The number of rotatable bonds is 5. The molecule has 0 atom stereocenters. The van der Waals surface area contributed by atoms with Crippen molar-refractivity contribution in [3.8, 4) is 44.8 Å². The molecule has 0 spiro atoms. The van der Waals surface area contributed by atoms with Crippen LogP contribution in [0.5, 0.6) is 0 Å². The van der Waals surface area contributed by atoms with E-state index < -0.39 is 0 Å². The zero-order valence-corrected chi connectivity index (χ0v) is 30.9. The van der Waals surface area contributed by atoms with Crippen LogP contribution in [0.2, 0.25) is 0 Å². The average Bonchev–Trinajstić information content (AvgIpc) is 3.94. The lowest BCUT2D eigenvalue weighted by molar-refractivity contribution is 0.669. The van der Waals surface area contributed by atoms with Gasteiger partial charge in [0.1, 0.15) is 11.2 Å². The van der Waals surface area contributed by atoms with Crippen molar-refractivity contribution in [3.05, 3.63) is 206 Å². The van der Waals surface area contributed by atoms with E-state index >= 15 is 0 Å². The van der Waals surface area contributed by atoms with Crippen LogP contribution in [0.1, 0.15) is 0 Å². The molecule has 0 fully saturated rings. The summed E-state index contributed by atoms with van der Waals surface area (Å²) in [5, 5.41) is 7.21. The Kier molecular flexibility index (Phi) is 6.93. The van der Waals surface area contributed by atoms with Gasteiger partial charge in [0.15, 0.2) is 0 Å². The van der Waals surface area contributed by atoms with Gasteiger partial charge >= 0.3 is 0 Å². The second kappa shape index (κ2) is 12.5. The summed E-state index contributed by atoms with van der Waals surface area (Å²) in [6.07, 6.45) is 0. The number of hydrogen-bond acceptors (Lipinski definition) is 1. The number of benzene rings is 9. The maximum atomic E-state index is 6.33. The van der Waals surface area contributed by atoms with Crippen molar-refractivity contribution in [1.82, 2.24) is 9.13 Å². The standard InChI is InChI=1S/C54H34N2O/c1-2-14-35(15-3-1)36-16-12-17-39(32-36)55-47-23-8-5-19-41(47)45-33-37(28-30-50(45)55)38-29-31-51-46(34-38)42-20-6-10-25-49(42)56(51)48-24-9-4-18-40(48)43-22-13-27-53-54(43)44-21-7-11-26-52(44)57-53/h1-34H. The number of furan rings is 1. The van der Waals surface area contributed by atoms with E-state index in [2.05, 4.69) is 209 Å². The van der Waals surface area contributed by atoms with Crippen molar-refractivity contribution < 1.29 is 4.42 Å². The SMILES string of the molecule is c1ccc(-c2cccc(-n3c4ccccc4c4cc(-c5ccc6c(c5)c5ccccc5n6-c5ccccc5-c5cccc6oc7ccccc7c56)ccc43)c2)cc1. The smallest absolute Gasteiger partial charge is 0.136 e. The molecule has 0 aliphatic rings. The summed E-state index contributed by atoms with van der Waals surface area (Å²) in [6.45, 7) is 0. The molecule has 12 rings (SSSR count). The van der Waals surface area contributed by atoms with E-state index in [-0.39, 0.29) is 0 Å². The molecule has 0 N–H and O–H groups in total. The predicted molar refractivity (Wildman–Crippen MR) is 239 cm³/mol. The van der Waals surface area contributed by atoms with E-state index in [0.717, 1.165) is 44.4 Å². The van der Waals surface area contributed by atoms with Gasteiger partial charge in [-0.05, 0) is 94.5 Å². The Morgan fingerprint density at radius 3 is 1.60 bits per heavy atom. The van der Waals surface area contributed by atoms with Crippen molar-refractivity contribution in [2.75, 3.05) is 0 Å². The molecule has 0 aliphatic heterocycles. The third-order valence-electron chi connectivity index (χ3n) is 11.7. The van der Waals surface area contributed by atoms with Crippen LogP contribution in [0.4, 0.5) is 0 Å². The van der Waals surface area contributed by atoms with Gasteiger partial charge in [0.2, 0.25) is 0 Å². The first-order valence-corrected chi connectivity index (χ1v) is 19.5. The summed E-state index contributed by atoms with van der Waals surface area (Å²) in [5.74, 6) is 0. The molecule has 0 saturated carbocycles. The van der Waals surface area contributed by atoms with Crippen LogP contribution in [0.25, 0.3) is 110 Å². The number of para-hydroxylation sites is 4. The Labute approximate surface area is 328 Å². The van der Waals surface area contributed by atoms with Crippen LogP contribution < -0.4 is 0 Å². The van der Waals surface area contributed by atoms with Gasteiger partial charge < -0.3 is 13.6 Å². The molecular weight excluding hydrogens is 693 g/mol. The number of aromatic nitrogens is 2. The van der Waals surface area contributed by atoms with Gasteiger partial charge in [0.25, 0.3) is 0 Å². The number of hydrogen-bond donors (Lipinski definition) is 0. The van der Waals surface area contributed by atoms with Crippen LogP contribution in [0.15, 0.2) is 211 Å². The number of fused-ring (bicyclic) bond motifs is 9. The van der Waals surface area contributed by atoms with Gasteiger partial charge in [0, 0.05) is 43.6 Å². The predicted octanol–water partition coefficient (Wildman–Crippen LogP) is 14.8. The Hall–Kier alpha value is -7.62. The van der Waals surface area contributed by atoms with Crippen molar-refractivity contribution >= 4 is 65.6 Å². The second-order valence-electron chi connectivity index (χ2n) is 14.9. The van der Waals surface area contributed by atoms with Crippen molar-refractivity contribution in [1.29, 1.82) is 0 Å². The first kappa shape index (κ1) is 31.7. The molecule has 3 nitrogen and oxygen atoms in total. The van der Waals surface area contributed by atoms with Crippen LogP contribution >= 0.6 is 0 Å². The molecule has 3 heterocycles. The van der Waals surface area contributed by atoms with Crippen LogP contribution in [0, 0.1) is 0 Å². The zero-order chi connectivity index (χ0) is 37.5. The molecule has 266 valence electrons. The summed E-state index contributed by atoms with van der Waals surface area (Å²) in [4.78, 5) is 0. The summed E-state index contributed by atoms with van der Waals surface area (Å²) in [6, 6.07) is 74.5. The minimum Gasteiger partial charge on any atom is -0.456 e.